The minimum absolute atomic E-state index is 0.0966. The van der Waals surface area contributed by atoms with Crippen molar-refractivity contribution in [3.63, 3.8) is 0 Å². The molecule has 3 aromatic rings. The van der Waals surface area contributed by atoms with E-state index in [4.69, 9.17) is 0 Å². The van der Waals surface area contributed by atoms with Crippen LogP contribution in [0, 0.1) is 11.7 Å². The summed E-state index contributed by atoms with van der Waals surface area (Å²) in [5, 5.41) is 14.5. The number of piperidine rings is 1. The second-order valence-corrected chi connectivity index (χ2v) is 9.36. The third kappa shape index (κ3) is 3.92. The van der Waals surface area contributed by atoms with Gasteiger partial charge in [0.25, 0.3) is 0 Å². The van der Waals surface area contributed by atoms with Crippen LogP contribution in [0.1, 0.15) is 12.8 Å². The van der Waals surface area contributed by atoms with Gasteiger partial charge in [0, 0.05) is 13.1 Å². The van der Waals surface area contributed by atoms with Gasteiger partial charge >= 0.3 is 0 Å². The Morgan fingerprint density at radius 2 is 2.04 bits per heavy atom. The number of sulfonamides is 1. The molecule has 1 aliphatic heterocycles. The number of aromatic nitrogens is 4. The Balaban J connectivity index is 1.46. The normalized spacial score (nSPS) is 18.6. The van der Waals surface area contributed by atoms with Crippen molar-refractivity contribution in [3.8, 4) is 10.7 Å². The maximum atomic E-state index is 13.1. The monoisotopic (exact) mass is 407 g/mol. The van der Waals surface area contributed by atoms with Gasteiger partial charge in [-0.15, -0.1) is 21.5 Å². The fourth-order valence-corrected chi connectivity index (χ4v) is 5.41. The maximum Gasteiger partial charge on any atom is 0.243 e. The summed E-state index contributed by atoms with van der Waals surface area (Å²) >= 11 is 1.55. The van der Waals surface area contributed by atoms with E-state index in [-0.39, 0.29) is 10.8 Å². The van der Waals surface area contributed by atoms with Gasteiger partial charge < -0.3 is 0 Å². The Labute approximate surface area is 160 Å². The Bertz CT molecular complexity index is 1000. The number of tetrazole rings is 1. The van der Waals surface area contributed by atoms with E-state index in [1.165, 1.54) is 33.4 Å². The van der Waals surface area contributed by atoms with E-state index >= 15 is 0 Å². The molecule has 0 aliphatic carbocycles. The third-order valence-corrected chi connectivity index (χ3v) is 7.29. The van der Waals surface area contributed by atoms with Crippen LogP contribution in [0.3, 0.4) is 0 Å². The molecule has 0 bridgehead atoms. The predicted molar refractivity (Wildman–Crippen MR) is 99.0 cm³/mol. The van der Waals surface area contributed by atoms with Crippen LogP contribution in [0.4, 0.5) is 4.39 Å². The molecule has 2 aromatic heterocycles. The number of halogens is 1. The molecule has 0 saturated carbocycles. The third-order valence-electron chi connectivity index (χ3n) is 4.55. The van der Waals surface area contributed by atoms with Crippen molar-refractivity contribution >= 4 is 21.4 Å². The highest BCUT2D eigenvalue weighted by Gasteiger charge is 2.30. The van der Waals surface area contributed by atoms with Gasteiger partial charge in [-0.25, -0.2) is 12.8 Å². The zero-order valence-corrected chi connectivity index (χ0v) is 16.0. The molecule has 0 radical (unpaired) electrons. The molecular formula is C17H18FN5O2S2. The van der Waals surface area contributed by atoms with Crippen LogP contribution in [-0.4, -0.2) is 46.0 Å². The first-order valence-electron chi connectivity index (χ1n) is 8.60. The first-order chi connectivity index (χ1) is 13.0. The summed E-state index contributed by atoms with van der Waals surface area (Å²) in [6, 6.07) is 8.81. The van der Waals surface area contributed by atoms with Crippen LogP contribution < -0.4 is 0 Å². The van der Waals surface area contributed by atoms with Crippen LogP contribution in [0.2, 0.25) is 0 Å². The lowest BCUT2D eigenvalue weighted by atomic mass is 10.00. The average Bonchev–Trinajstić information content (AvgIpc) is 3.34. The highest BCUT2D eigenvalue weighted by Crippen LogP contribution is 2.25. The van der Waals surface area contributed by atoms with E-state index in [1.807, 2.05) is 17.5 Å². The first-order valence-corrected chi connectivity index (χ1v) is 10.9. The molecule has 7 nitrogen and oxygen atoms in total. The van der Waals surface area contributed by atoms with Crippen molar-refractivity contribution in [2.75, 3.05) is 13.1 Å². The van der Waals surface area contributed by atoms with E-state index in [0.717, 1.165) is 17.7 Å². The average molecular weight is 407 g/mol. The number of nitrogens with zero attached hydrogens (tertiary/aromatic N) is 5. The first kappa shape index (κ1) is 18.2. The van der Waals surface area contributed by atoms with Crippen molar-refractivity contribution in [1.82, 2.24) is 24.5 Å². The number of hydrogen-bond acceptors (Lipinski definition) is 6. The Hall–Kier alpha value is -2.17. The van der Waals surface area contributed by atoms with Crippen molar-refractivity contribution in [2.24, 2.45) is 5.92 Å². The van der Waals surface area contributed by atoms with Crippen molar-refractivity contribution in [1.29, 1.82) is 0 Å². The molecule has 1 aromatic carbocycles. The fourth-order valence-electron chi connectivity index (χ4n) is 3.21. The van der Waals surface area contributed by atoms with Gasteiger partial charge in [-0.05, 0) is 59.7 Å². The van der Waals surface area contributed by atoms with Gasteiger partial charge in [-0.3, -0.25) is 0 Å². The highest BCUT2D eigenvalue weighted by molar-refractivity contribution is 7.89. The molecule has 4 rings (SSSR count). The lowest BCUT2D eigenvalue weighted by molar-refractivity contribution is 0.231. The largest absolute Gasteiger partial charge is 0.243 e. The van der Waals surface area contributed by atoms with Gasteiger partial charge in [-0.1, -0.05) is 6.07 Å². The standard InChI is InChI=1S/C17H18FN5O2S2/c18-14-5-7-15(8-6-14)27(24,25)22-9-1-3-13(11-22)12-23-20-17(19-21-23)16-4-2-10-26-16/h2,4-8,10,13H,1,3,9,11-12H2/t13-/m0/s1. The molecule has 27 heavy (non-hydrogen) atoms. The second-order valence-electron chi connectivity index (χ2n) is 6.47. The summed E-state index contributed by atoms with van der Waals surface area (Å²) in [5.74, 6) is 0.222. The van der Waals surface area contributed by atoms with Crippen LogP contribution >= 0.6 is 11.3 Å². The summed E-state index contributed by atoms with van der Waals surface area (Å²) in [7, 11) is -3.63. The zero-order valence-electron chi connectivity index (χ0n) is 14.4. The summed E-state index contributed by atoms with van der Waals surface area (Å²) in [6.45, 7) is 1.35. The number of hydrogen-bond donors (Lipinski definition) is 0. The van der Waals surface area contributed by atoms with Crippen molar-refractivity contribution < 1.29 is 12.8 Å². The lowest BCUT2D eigenvalue weighted by Crippen LogP contribution is -2.41. The van der Waals surface area contributed by atoms with Gasteiger partial charge in [0.15, 0.2) is 0 Å². The topological polar surface area (TPSA) is 81.0 Å². The highest BCUT2D eigenvalue weighted by atomic mass is 32.2. The summed E-state index contributed by atoms with van der Waals surface area (Å²) in [4.78, 5) is 2.60. The molecule has 3 heterocycles. The molecule has 0 amide bonds. The van der Waals surface area contributed by atoms with E-state index in [9.17, 15) is 12.8 Å². The van der Waals surface area contributed by atoms with Gasteiger partial charge in [0.2, 0.25) is 15.8 Å². The summed E-state index contributed by atoms with van der Waals surface area (Å²) < 4.78 is 40.2. The van der Waals surface area contributed by atoms with Crippen LogP contribution in [-0.2, 0) is 16.6 Å². The fraction of sp³-hybridized carbons (Fsp3) is 0.353. The number of thiophene rings is 1. The molecule has 1 aliphatic rings. The zero-order chi connectivity index (χ0) is 18.9. The maximum absolute atomic E-state index is 13.1. The minimum Gasteiger partial charge on any atom is -0.207 e. The SMILES string of the molecule is O=S(=O)(c1ccc(F)cc1)N1CCC[C@H](Cn2nnc(-c3cccs3)n2)C1. The van der Waals surface area contributed by atoms with Gasteiger partial charge in [-0.2, -0.15) is 9.10 Å². The molecule has 0 N–H and O–H groups in total. The quantitative estimate of drug-likeness (QED) is 0.650. The summed E-state index contributed by atoms with van der Waals surface area (Å²) in [6.07, 6.45) is 1.66. The van der Waals surface area contributed by atoms with E-state index in [0.29, 0.717) is 25.5 Å². The van der Waals surface area contributed by atoms with E-state index < -0.39 is 15.8 Å². The summed E-state index contributed by atoms with van der Waals surface area (Å²) in [5.41, 5.74) is 0. The van der Waals surface area contributed by atoms with Crippen LogP contribution in [0.15, 0.2) is 46.7 Å². The minimum atomic E-state index is -3.63. The van der Waals surface area contributed by atoms with Gasteiger partial charge in [0.05, 0.1) is 16.3 Å². The molecule has 1 fully saturated rings. The molecule has 1 atom stereocenters. The Kier molecular flexibility index (Phi) is 5.02. The van der Waals surface area contributed by atoms with Crippen molar-refractivity contribution in [2.45, 2.75) is 24.3 Å². The second kappa shape index (κ2) is 7.45. The Morgan fingerprint density at radius 1 is 1.22 bits per heavy atom. The molecule has 0 spiro atoms. The Morgan fingerprint density at radius 3 is 2.78 bits per heavy atom. The molecule has 10 heteroatoms. The predicted octanol–water partition coefficient (Wildman–Crippen LogP) is 2.64. The molecule has 0 unspecified atom stereocenters. The molecular weight excluding hydrogens is 389 g/mol. The van der Waals surface area contributed by atoms with Crippen LogP contribution in [0.25, 0.3) is 10.7 Å². The van der Waals surface area contributed by atoms with E-state index in [1.54, 1.807) is 11.3 Å². The smallest absolute Gasteiger partial charge is 0.207 e. The van der Waals surface area contributed by atoms with Gasteiger partial charge in [0.1, 0.15) is 5.82 Å². The molecule has 142 valence electrons. The number of benzene rings is 1. The van der Waals surface area contributed by atoms with Crippen molar-refractivity contribution in [3.05, 3.63) is 47.6 Å². The number of rotatable bonds is 5. The molecule has 1 saturated heterocycles. The van der Waals surface area contributed by atoms with E-state index in [2.05, 4.69) is 15.4 Å². The van der Waals surface area contributed by atoms with Crippen LogP contribution in [0.5, 0.6) is 0 Å². The lowest BCUT2D eigenvalue weighted by Gasteiger charge is -2.31.